The summed E-state index contributed by atoms with van der Waals surface area (Å²) in [7, 11) is 2.88. The average molecular weight is 398 g/mol. The highest BCUT2D eigenvalue weighted by atomic mass is 32.2. The molecule has 1 N–H and O–H groups in total. The molecule has 3 rings (SSSR count). The van der Waals surface area contributed by atoms with E-state index in [4.69, 9.17) is 4.74 Å². The second-order valence-electron chi connectivity index (χ2n) is 5.79. The number of hydrogen-bond acceptors (Lipinski definition) is 7. The molecule has 8 heteroatoms. The molecule has 2 aromatic carbocycles. The molecule has 7 nitrogen and oxygen atoms in total. The lowest BCUT2D eigenvalue weighted by molar-refractivity contribution is -0.122. The quantitative estimate of drug-likeness (QED) is 0.588. The third-order valence-corrected chi connectivity index (χ3v) is 4.92. The smallest absolute Gasteiger partial charge is 0.337 e. The fourth-order valence-electron chi connectivity index (χ4n) is 2.53. The van der Waals surface area contributed by atoms with Gasteiger partial charge in [0.25, 0.3) is 11.1 Å². The predicted octanol–water partition coefficient (Wildman–Crippen LogP) is 3.59. The summed E-state index contributed by atoms with van der Waals surface area (Å²) in [4.78, 5) is 37.7. The van der Waals surface area contributed by atoms with Crippen LogP contribution < -0.4 is 10.1 Å². The minimum atomic E-state index is -0.430. The van der Waals surface area contributed by atoms with E-state index in [9.17, 15) is 14.4 Å². The van der Waals surface area contributed by atoms with E-state index in [2.05, 4.69) is 10.1 Å². The molecule has 0 bridgehead atoms. The van der Waals surface area contributed by atoms with Gasteiger partial charge in [-0.2, -0.15) is 0 Å². The van der Waals surface area contributed by atoms with Crippen LogP contribution in [0.15, 0.2) is 53.4 Å². The molecule has 0 spiro atoms. The lowest BCUT2D eigenvalue weighted by Crippen LogP contribution is -2.33. The molecule has 1 saturated heterocycles. The van der Waals surface area contributed by atoms with Gasteiger partial charge in [-0.1, -0.05) is 12.1 Å². The third-order valence-electron chi connectivity index (χ3n) is 4.01. The summed E-state index contributed by atoms with van der Waals surface area (Å²) >= 11 is 0.891. The number of amides is 2. The van der Waals surface area contributed by atoms with Gasteiger partial charge in [0.1, 0.15) is 5.75 Å². The Morgan fingerprint density at radius 2 is 1.89 bits per heavy atom. The van der Waals surface area contributed by atoms with E-state index < -0.39 is 5.97 Å². The van der Waals surface area contributed by atoms with Crippen LogP contribution in [0.2, 0.25) is 0 Å². The number of rotatable bonds is 6. The van der Waals surface area contributed by atoms with Gasteiger partial charge >= 0.3 is 5.97 Å². The number of thioether (sulfide) groups is 1. The first-order valence-corrected chi connectivity index (χ1v) is 9.15. The Hall–Kier alpha value is -3.26. The van der Waals surface area contributed by atoms with Gasteiger partial charge in [-0.15, -0.1) is 0 Å². The number of anilines is 1. The topological polar surface area (TPSA) is 84.9 Å². The minimum Gasteiger partial charge on any atom is -0.497 e. The van der Waals surface area contributed by atoms with Gasteiger partial charge in [0.15, 0.2) is 0 Å². The first-order valence-electron chi connectivity index (χ1n) is 8.33. The van der Waals surface area contributed by atoms with Crippen molar-refractivity contribution in [3.8, 4) is 5.75 Å². The summed E-state index contributed by atoms with van der Waals surface area (Å²) in [5.74, 6) is -0.123. The molecule has 1 aliphatic rings. The maximum atomic E-state index is 12.6. The normalized spacial score (nSPS) is 15.1. The van der Waals surface area contributed by atoms with Crippen LogP contribution in [0.1, 0.15) is 15.9 Å². The number of esters is 1. The van der Waals surface area contributed by atoms with Gasteiger partial charge in [0, 0.05) is 5.69 Å². The maximum Gasteiger partial charge on any atom is 0.337 e. The molecule has 1 aliphatic heterocycles. The van der Waals surface area contributed by atoms with Crippen molar-refractivity contribution in [3.63, 3.8) is 0 Å². The van der Waals surface area contributed by atoms with E-state index >= 15 is 0 Å². The molecule has 0 unspecified atom stereocenters. The Balaban J connectivity index is 1.66. The Morgan fingerprint density at radius 1 is 1.14 bits per heavy atom. The van der Waals surface area contributed by atoms with Crippen molar-refractivity contribution in [3.05, 3.63) is 64.6 Å². The van der Waals surface area contributed by atoms with Crippen LogP contribution in [0.25, 0.3) is 6.08 Å². The van der Waals surface area contributed by atoms with Crippen LogP contribution in [0.4, 0.5) is 10.5 Å². The maximum absolute atomic E-state index is 12.6. The molecule has 0 aliphatic carbocycles. The van der Waals surface area contributed by atoms with E-state index in [0.29, 0.717) is 21.9 Å². The first-order chi connectivity index (χ1) is 13.5. The summed E-state index contributed by atoms with van der Waals surface area (Å²) < 4.78 is 9.82. The fourth-order valence-corrected chi connectivity index (χ4v) is 3.37. The zero-order valence-corrected chi connectivity index (χ0v) is 16.1. The Kier molecular flexibility index (Phi) is 6.00. The van der Waals surface area contributed by atoms with Crippen molar-refractivity contribution in [2.24, 2.45) is 0 Å². The first kappa shape index (κ1) is 19.5. The van der Waals surface area contributed by atoms with Crippen molar-refractivity contribution >= 4 is 40.6 Å². The summed E-state index contributed by atoms with van der Waals surface area (Å²) in [6, 6.07) is 13.8. The van der Waals surface area contributed by atoms with Gasteiger partial charge in [-0.3, -0.25) is 14.5 Å². The third kappa shape index (κ3) is 4.34. The Morgan fingerprint density at radius 3 is 2.57 bits per heavy atom. The zero-order chi connectivity index (χ0) is 20.1. The molecule has 1 fully saturated rings. The van der Waals surface area contributed by atoms with Gasteiger partial charge in [-0.25, -0.2) is 4.79 Å². The van der Waals surface area contributed by atoms with Crippen molar-refractivity contribution in [1.82, 2.24) is 4.90 Å². The number of methoxy groups -OCH3 is 2. The van der Waals surface area contributed by atoms with Gasteiger partial charge in [0.2, 0.25) is 0 Å². The van der Waals surface area contributed by atoms with Crippen molar-refractivity contribution in [2.45, 2.75) is 0 Å². The number of benzene rings is 2. The molecule has 1 heterocycles. The van der Waals surface area contributed by atoms with Crippen LogP contribution in [0.3, 0.4) is 0 Å². The number of hydrogen-bond donors (Lipinski definition) is 1. The standard InChI is InChI=1S/C20H18N2O5S/c1-26-16-5-3-4-13(10-16)11-17-18(23)22(20(25)28-17)12-21-15-8-6-14(7-9-15)19(24)27-2/h3-11,21H,12H2,1-2H3. The number of imide groups is 1. The summed E-state index contributed by atoms with van der Waals surface area (Å²) in [5, 5.41) is 2.66. The SMILES string of the molecule is COC(=O)c1ccc(NCN2C(=O)SC(=Cc3cccc(OC)c3)C2=O)cc1. The molecule has 0 radical (unpaired) electrons. The monoisotopic (exact) mass is 398 g/mol. The average Bonchev–Trinajstić information content (AvgIpc) is 2.99. The minimum absolute atomic E-state index is 0.0255. The molecule has 0 saturated carbocycles. The second kappa shape index (κ2) is 8.62. The van der Waals surface area contributed by atoms with E-state index in [1.165, 1.54) is 7.11 Å². The number of carbonyl (C=O) groups excluding carboxylic acids is 3. The number of nitrogens with one attached hydrogen (secondary N) is 1. The number of ether oxygens (including phenoxy) is 2. The van der Waals surface area contributed by atoms with Gasteiger partial charge in [-0.05, 0) is 59.8 Å². The molecular weight excluding hydrogens is 380 g/mol. The van der Waals surface area contributed by atoms with Crippen molar-refractivity contribution in [1.29, 1.82) is 0 Å². The van der Waals surface area contributed by atoms with Gasteiger partial charge in [0.05, 0.1) is 31.4 Å². The summed E-state index contributed by atoms with van der Waals surface area (Å²) in [5.41, 5.74) is 1.86. The molecular formula is C20H18N2O5S. The second-order valence-corrected chi connectivity index (χ2v) is 6.78. The lowest BCUT2D eigenvalue weighted by Gasteiger charge is -2.14. The fraction of sp³-hybridized carbons (Fsp3) is 0.150. The number of carbonyl (C=O) groups is 3. The molecule has 2 aromatic rings. The molecule has 28 heavy (non-hydrogen) atoms. The summed E-state index contributed by atoms with van der Waals surface area (Å²) in [6.07, 6.45) is 1.67. The predicted molar refractivity (Wildman–Crippen MR) is 107 cm³/mol. The largest absolute Gasteiger partial charge is 0.497 e. The van der Waals surface area contributed by atoms with Crippen LogP contribution in [0.5, 0.6) is 5.75 Å². The van der Waals surface area contributed by atoms with Crippen LogP contribution in [-0.2, 0) is 9.53 Å². The molecule has 0 atom stereocenters. The van der Waals surface area contributed by atoms with Crippen molar-refractivity contribution < 1.29 is 23.9 Å². The zero-order valence-electron chi connectivity index (χ0n) is 15.3. The molecule has 144 valence electrons. The molecule has 2 amide bonds. The Bertz CT molecular complexity index is 940. The highest BCUT2D eigenvalue weighted by Gasteiger charge is 2.34. The Labute approximate surface area is 166 Å². The highest BCUT2D eigenvalue weighted by Crippen LogP contribution is 2.32. The molecule has 0 aromatic heterocycles. The van der Waals surface area contributed by atoms with Crippen molar-refractivity contribution in [2.75, 3.05) is 26.2 Å². The van der Waals surface area contributed by atoms with E-state index in [1.807, 2.05) is 12.1 Å². The van der Waals surface area contributed by atoms with E-state index in [-0.39, 0.29) is 17.8 Å². The van der Waals surface area contributed by atoms with Gasteiger partial charge < -0.3 is 14.8 Å². The lowest BCUT2D eigenvalue weighted by atomic mass is 10.2. The van der Waals surface area contributed by atoms with E-state index in [1.54, 1.807) is 49.6 Å². The van der Waals surface area contributed by atoms with Crippen LogP contribution in [-0.4, -0.2) is 42.9 Å². The highest BCUT2D eigenvalue weighted by molar-refractivity contribution is 8.18. The number of nitrogens with zero attached hydrogens (tertiary/aromatic N) is 1. The van der Waals surface area contributed by atoms with Crippen LogP contribution >= 0.6 is 11.8 Å². The van der Waals surface area contributed by atoms with E-state index in [0.717, 1.165) is 22.2 Å². The van der Waals surface area contributed by atoms with Crippen LogP contribution in [0, 0.1) is 0 Å². The summed E-state index contributed by atoms with van der Waals surface area (Å²) in [6.45, 7) is 0.0255.